The summed E-state index contributed by atoms with van der Waals surface area (Å²) >= 11 is 0. The van der Waals surface area contributed by atoms with Crippen molar-refractivity contribution in [3.63, 3.8) is 0 Å². The molecule has 0 aromatic carbocycles. The third-order valence-corrected chi connectivity index (χ3v) is 3.67. The number of hydrogen-bond donors (Lipinski definition) is 2. The fraction of sp³-hybridized carbons (Fsp3) is 0.600. The number of aromatic nitrogens is 1. The molecule has 1 unspecified atom stereocenters. The number of amides is 1. The van der Waals surface area contributed by atoms with Gasteiger partial charge < -0.3 is 10.6 Å². The highest BCUT2D eigenvalue weighted by molar-refractivity contribution is 5.99. The molecule has 1 aliphatic rings. The van der Waals surface area contributed by atoms with Crippen molar-refractivity contribution < 1.29 is 4.79 Å². The average molecular weight is 261 g/mol. The average Bonchev–Trinajstić information content (AvgIpc) is 2.93. The summed E-state index contributed by atoms with van der Waals surface area (Å²) in [6.07, 6.45) is 3.74. The van der Waals surface area contributed by atoms with Crippen molar-refractivity contribution in [2.75, 3.05) is 11.9 Å². The fourth-order valence-corrected chi connectivity index (χ4v) is 2.10. The minimum Gasteiger partial charge on any atom is -0.384 e. The summed E-state index contributed by atoms with van der Waals surface area (Å²) in [6.45, 7) is 9.23. The van der Waals surface area contributed by atoms with Crippen LogP contribution in [0.3, 0.4) is 0 Å². The number of aryl methyl sites for hydroxylation is 1. The molecule has 0 saturated heterocycles. The van der Waals surface area contributed by atoms with Gasteiger partial charge in [-0.2, -0.15) is 0 Å². The van der Waals surface area contributed by atoms with Crippen molar-refractivity contribution in [3.8, 4) is 0 Å². The van der Waals surface area contributed by atoms with Gasteiger partial charge in [-0.25, -0.2) is 0 Å². The second-order valence-electron chi connectivity index (χ2n) is 6.02. The Morgan fingerprint density at radius 3 is 2.79 bits per heavy atom. The van der Waals surface area contributed by atoms with Gasteiger partial charge in [0.2, 0.25) is 0 Å². The summed E-state index contributed by atoms with van der Waals surface area (Å²) < 4.78 is 0. The summed E-state index contributed by atoms with van der Waals surface area (Å²) in [7, 11) is 0. The van der Waals surface area contributed by atoms with E-state index in [1.54, 1.807) is 6.20 Å². The van der Waals surface area contributed by atoms with Crippen LogP contribution < -0.4 is 10.6 Å². The Kier molecular flexibility index (Phi) is 3.78. The molecule has 0 spiro atoms. The van der Waals surface area contributed by atoms with Gasteiger partial charge in [0.15, 0.2) is 0 Å². The number of pyridine rings is 1. The molecule has 0 radical (unpaired) electrons. The number of nitrogens with zero attached hydrogens (tertiary/aromatic N) is 1. The summed E-state index contributed by atoms with van der Waals surface area (Å²) in [5.74, 6) is -0.0262. The molecule has 1 aromatic rings. The van der Waals surface area contributed by atoms with E-state index in [0.717, 1.165) is 30.8 Å². The maximum atomic E-state index is 12.3. The molecule has 1 heterocycles. The Bertz CT molecular complexity index is 482. The van der Waals surface area contributed by atoms with Crippen LogP contribution in [0.15, 0.2) is 12.3 Å². The van der Waals surface area contributed by atoms with E-state index in [2.05, 4.69) is 36.4 Å². The lowest BCUT2D eigenvalue weighted by atomic mass is 10.1. The van der Waals surface area contributed by atoms with E-state index >= 15 is 0 Å². The van der Waals surface area contributed by atoms with Gasteiger partial charge in [-0.1, -0.05) is 20.8 Å². The second-order valence-corrected chi connectivity index (χ2v) is 6.02. The lowest BCUT2D eigenvalue weighted by molar-refractivity contribution is 0.0947. The minimum atomic E-state index is -0.0262. The molecule has 4 heteroatoms. The summed E-state index contributed by atoms with van der Waals surface area (Å²) in [4.78, 5) is 16.5. The fourth-order valence-electron chi connectivity index (χ4n) is 2.10. The summed E-state index contributed by atoms with van der Waals surface area (Å²) in [6, 6.07) is 2.23. The normalized spacial score (nSPS) is 19.9. The molecule has 1 saturated carbocycles. The van der Waals surface area contributed by atoms with Crippen molar-refractivity contribution in [3.05, 3.63) is 23.5 Å². The first-order chi connectivity index (χ1) is 8.94. The molecule has 0 bridgehead atoms. The molecule has 1 fully saturated rings. The highest BCUT2D eigenvalue weighted by atomic mass is 16.1. The number of rotatable bonds is 5. The van der Waals surface area contributed by atoms with Gasteiger partial charge in [-0.05, 0) is 31.2 Å². The molecule has 1 aromatic heterocycles. The maximum absolute atomic E-state index is 12.3. The molecule has 1 aliphatic carbocycles. The first kappa shape index (κ1) is 13.8. The van der Waals surface area contributed by atoms with Crippen LogP contribution in [0.5, 0.6) is 0 Å². The largest absolute Gasteiger partial charge is 0.384 e. The predicted molar refractivity (Wildman–Crippen MR) is 77.4 cm³/mol. The quantitative estimate of drug-likeness (QED) is 0.857. The lowest BCUT2D eigenvalue weighted by Gasteiger charge is -2.13. The first-order valence-corrected chi connectivity index (χ1v) is 6.95. The highest BCUT2D eigenvalue weighted by Gasteiger charge is 2.46. The molecule has 0 aliphatic heterocycles. The minimum absolute atomic E-state index is 0.0262. The molecule has 4 nitrogen and oxygen atoms in total. The molecule has 2 rings (SSSR count). The molecular weight excluding hydrogens is 238 g/mol. The number of carbonyl (C=O) groups is 1. The van der Waals surface area contributed by atoms with Gasteiger partial charge in [0, 0.05) is 24.5 Å². The number of nitrogens with one attached hydrogen (secondary N) is 2. The Balaban J connectivity index is 2.11. The van der Waals surface area contributed by atoms with Crippen LogP contribution in [0.25, 0.3) is 0 Å². The monoisotopic (exact) mass is 261 g/mol. The van der Waals surface area contributed by atoms with E-state index in [1.807, 2.05) is 13.0 Å². The number of hydrogen-bond acceptors (Lipinski definition) is 3. The molecule has 19 heavy (non-hydrogen) atoms. The van der Waals surface area contributed by atoms with Crippen LogP contribution in [0.4, 0.5) is 5.69 Å². The zero-order valence-corrected chi connectivity index (χ0v) is 12.2. The van der Waals surface area contributed by atoms with Crippen molar-refractivity contribution in [2.45, 2.75) is 46.6 Å². The Morgan fingerprint density at radius 1 is 1.53 bits per heavy atom. The molecule has 104 valence electrons. The van der Waals surface area contributed by atoms with Crippen molar-refractivity contribution >= 4 is 11.6 Å². The van der Waals surface area contributed by atoms with E-state index in [4.69, 9.17) is 0 Å². The van der Waals surface area contributed by atoms with Crippen LogP contribution in [-0.4, -0.2) is 23.5 Å². The van der Waals surface area contributed by atoms with Crippen molar-refractivity contribution in [2.24, 2.45) is 5.41 Å². The Labute approximate surface area is 115 Å². The molecule has 1 atom stereocenters. The number of anilines is 1. The topological polar surface area (TPSA) is 54.0 Å². The van der Waals surface area contributed by atoms with E-state index in [-0.39, 0.29) is 11.3 Å². The zero-order valence-electron chi connectivity index (χ0n) is 12.2. The SMILES string of the molecule is CCCNc1cc(C)ncc1C(=O)NC1CC1(C)C. The van der Waals surface area contributed by atoms with Crippen LogP contribution in [0.2, 0.25) is 0 Å². The van der Waals surface area contributed by atoms with Gasteiger partial charge in [-0.15, -0.1) is 0 Å². The van der Waals surface area contributed by atoms with E-state index in [9.17, 15) is 4.79 Å². The zero-order chi connectivity index (χ0) is 14.0. The second kappa shape index (κ2) is 5.19. The summed E-state index contributed by atoms with van der Waals surface area (Å²) in [5.41, 5.74) is 2.68. The lowest BCUT2D eigenvalue weighted by Crippen LogP contribution is -2.29. The smallest absolute Gasteiger partial charge is 0.255 e. The Hall–Kier alpha value is -1.58. The van der Waals surface area contributed by atoms with Gasteiger partial charge in [0.25, 0.3) is 5.91 Å². The van der Waals surface area contributed by atoms with Crippen molar-refractivity contribution in [1.29, 1.82) is 0 Å². The molecular formula is C15H23N3O. The van der Waals surface area contributed by atoms with Gasteiger partial charge in [0.1, 0.15) is 0 Å². The molecule has 1 amide bonds. The van der Waals surface area contributed by atoms with Crippen LogP contribution >= 0.6 is 0 Å². The van der Waals surface area contributed by atoms with Gasteiger partial charge in [0.05, 0.1) is 11.3 Å². The van der Waals surface area contributed by atoms with Gasteiger partial charge >= 0.3 is 0 Å². The Morgan fingerprint density at radius 2 is 2.21 bits per heavy atom. The van der Waals surface area contributed by atoms with Crippen LogP contribution in [0, 0.1) is 12.3 Å². The predicted octanol–water partition coefficient (Wildman–Crippen LogP) is 2.74. The third kappa shape index (κ3) is 3.25. The van der Waals surface area contributed by atoms with Crippen LogP contribution in [0.1, 0.15) is 49.7 Å². The standard InChI is InChI=1S/C15H23N3O/c1-5-6-16-12-7-10(2)17-9-11(12)14(19)18-13-8-15(13,3)4/h7,9,13H,5-6,8H2,1-4H3,(H,16,17)(H,18,19). The molecule has 2 N–H and O–H groups in total. The number of carbonyl (C=O) groups excluding carboxylic acids is 1. The highest BCUT2D eigenvalue weighted by Crippen LogP contribution is 2.44. The van der Waals surface area contributed by atoms with Crippen LogP contribution in [-0.2, 0) is 0 Å². The van der Waals surface area contributed by atoms with E-state index in [1.165, 1.54) is 0 Å². The van der Waals surface area contributed by atoms with E-state index in [0.29, 0.717) is 11.6 Å². The van der Waals surface area contributed by atoms with E-state index < -0.39 is 0 Å². The maximum Gasteiger partial charge on any atom is 0.255 e. The first-order valence-electron chi connectivity index (χ1n) is 6.95. The summed E-state index contributed by atoms with van der Waals surface area (Å²) in [5, 5.41) is 6.38. The van der Waals surface area contributed by atoms with Crippen molar-refractivity contribution in [1.82, 2.24) is 10.3 Å². The van der Waals surface area contributed by atoms with Gasteiger partial charge in [-0.3, -0.25) is 9.78 Å². The third-order valence-electron chi connectivity index (χ3n) is 3.67.